The van der Waals surface area contributed by atoms with Crippen molar-refractivity contribution in [3.8, 4) is 67.5 Å². The summed E-state index contributed by atoms with van der Waals surface area (Å²) in [4.78, 5) is 10.2. The number of benzene rings is 6. The highest BCUT2D eigenvalue weighted by Crippen LogP contribution is 2.46. The van der Waals surface area contributed by atoms with Crippen LogP contribution in [-0.2, 0) is 21.7 Å². The average molecular weight is 843 g/mol. The molecule has 63 heavy (non-hydrogen) atoms. The van der Waals surface area contributed by atoms with Crippen LogP contribution in [0.25, 0.3) is 72.7 Å². The molecule has 2 aromatic heterocycles. The molecule has 0 aliphatic heterocycles. The number of para-hydroxylation sites is 1. The second kappa shape index (κ2) is 15.8. The Balaban J connectivity index is 1.48. The second-order valence-electron chi connectivity index (χ2n) is 19.8. The zero-order chi connectivity index (χ0) is 56.2. The van der Waals surface area contributed by atoms with E-state index in [9.17, 15) is 5.11 Å². The Hall–Kier alpha value is -6.26. The number of hydrogen-bond acceptors (Lipinski definition) is 3. The fraction of sp³-hybridized carbons (Fsp3) is 0.288. The molecule has 0 aliphatic rings. The third kappa shape index (κ3) is 8.61. The number of aromatic hydroxyl groups is 1. The van der Waals surface area contributed by atoms with Crippen molar-refractivity contribution in [3.63, 3.8) is 0 Å². The van der Waals surface area contributed by atoms with E-state index >= 15 is 0 Å². The lowest BCUT2D eigenvalue weighted by Gasteiger charge is -2.28. The van der Waals surface area contributed by atoms with Gasteiger partial charge in [-0.15, -0.1) is 0 Å². The van der Waals surface area contributed by atoms with E-state index < -0.39 is 72.3 Å². The van der Waals surface area contributed by atoms with Gasteiger partial charge in [-0.3, -0.25) is 9.55 Å². The van der Waals surface area contributed by atoms with E-state index in [4.69, 9.17) is 27.8 Å². The van der Waals surface area contributed by atoms with Gasteiger partial charge < -0.3 is 5.11 Å². The van der Waals surface area contributed by atoms with E-state index in [1.165, 1.54) is 12.3 Å². The Bertz CT molecular complexity index is 3530. The number of phenolic OH excluding ortho intramolecular Hbond substituents is 1. The Morgan fingerprint density at radius 1 is 0.540 bits per heavy atom. The molecule has 4 heteroatoms. The highest BCUT2D eigenvalue weighted by molar-refractivity contribution is 5.98. The molecule has 0 aliphatic carbocycles. The lowest BCUT2D eigenvalue weighted by Crippen LogP contribution is -2.17. The van der Waals surface area contributed by atoms with Crippen LogP contribution >= 0.6 is 0 Å². The van der Waals surface area contributed by atoms with Gasteiger partial charge in [0.25, 0.3) is 0 Å². The van der Waals surface area contributed by atoms with Crippen LogP contribution in [0.15, 0.2) is 140 Å². The smallest absolute Gasteiger partial charge is 0.149 e. The molecule has 0 unspecified atom stereocenters. The van der Waals surface area contributed by atoms with Crippen LogP contribution in [-0.4, -0.2) is 19.6 Å². The molecule has 1 N–H and O–H groups in total. The molecule has 8 aromatic rings. The predicted molar refractivity (Wildman–Crippen MR) is 267 cm³/mol. The minimum Gasteiger partial charge on any atom is -0.507 e. The van der Waals surface area contributed by atoms with Gasteiger partial charge in [0.1, 0.15) is 11.6 Å². The largest absolute Gasteiger partial charge is 0.507 e. The van der Waals surface area contributed by atoms with Crippen molar-refractivity contribution >= 4 is 11.0 Å². The number of aromatic nitrogens is 3. The Morgan fingerprint density at radius 3 is 1.87 bits per heavy atom. The minimum absolute atomic E-state index is 0.0629. The molecule has 0 atom stereocenters. The van der Waals surface area contributed by atoms with E-state index in [-0.39, 0.29) is 27.9 Å². The highest BCUT2D eigenvalue weighted by Gasteiger charge is 2.30. The summed E-state index contributed by atoms with van der Waals surface area (Å²) in [7, 11) is 0. The van der Waals surface area contributed by atoms with Gasteiger partial charge in [0.2, 0.25) is 0 Å². The summed E-state index contributed by atoms with van der Waals surface area (Å²) in [5, 5.41) is 12.8. The van der Waals surface area contributed by atoms with E-state index in [2.05, 4.69) is 59.7 Å². The first-order valence-corrected chi connectivity index (χ1v) is 21.3. The van der Waals surface area contributed by atoms with Crippen molar-refractivity contribution in [2.45, 2.75) is 111 Å². The molecular formula is C59H63N3O. The molecule has 8 rings (SSSR count). The third-order valence-corrected chi connectivity index (χ3v) is 11.7. The van der Waals surface area contributed by atoms with Gasteiger partial charge in [-0.05, 0) is 116 Å². The average Bonchev–Trinajstić information content (AvgIpc) is 3.72. The number of hydrogen-bond donors (Lipinski definition) is 1. The van der Waals surface area contributed by atoms with Crippen molar-refractivity contribution in [3.05, 3.63) is 167 Å². The molecular weight excluding hydrogens is 767 g/mol. The summed E-state index contributed by atoms with van der Waals surface area (Å²) in [6, 6.07) is 32.2. The monoisotopic (exact) mass is 843 g/mol. The normalized spacial score (nSPS) is 16.2. The summed E-state index contributed by atoms with van der Waals surface area (Å²) in [5.74, 6) is -0.288. The van der Waals surface area contributed by atoms with Crippen molar-refractivity contribution < 1.29 is 22.9 Å². The maximum Gasteiger partial charge on any atom is 0.149 e. The van der Waals surface area contributed by atoms with Crippen LogP contribution in [0.2, 0.25) is 0 Å². The zero-order valence-electron chi connectivity index (χ0n) is 50.8. The molecule has 320 valence electrons. The van der Waals surface area contributed by atoms with Gasteiger partial charge in [-0.1, -0.05) is 173 Å². The van der Waals surface area contributed by atoms with Crippen molar-refractivity contribution in [2.75, 3.05) is 0 Å². The fourth-order valence-corrected chi connectivity index (χ4v) is 7.99. The quantitative estimate of drug-likeness (QED) is 0.181. The van der Waals surface area contributed by atoms with Gasteiger partial charge in [0, 0.05) is 40.8 Å². The Labute approximate surface area is 394 Å². The van der Waals surface area contributed by atoms with E-state index in [0.29, 0.717) is 44.7 Å². The number of imidazole rings is 1. The van der Waals surface area contributed by atoms with Crippen molar-refractivity contribution in [1.29, 1.82) is 0 Å². The van der Waals surface area contributed by atoms with Crippen LogP contribution in [0.1, 0.15) is 129 Å². The zero-order valence-corrected chi connectivity index (χ0v) is 37.8. The van der Waals surface area contributed by atoms with Crippen molar-refractivity contribution in [1.82, 2.24) is 14.5 Å². The number of phenols is 1. The van der Waals surface area contributed by atoms with Crippen molar-refractivity contribution in [2.24, 2.45) is 0 Å². The summed E-state index contributed by atoms with van der Waals surface area (Å²) in [6.07, 6.45) is 1.51. The minimum atomic E-state index is -3.09. The Morgan fingerprint density at radius 2 is 1.21 bits per heavy atom. The summed E-state index contributed by atoms with van der Waals surface area (Å²) in [5.41, 5.74) is 4.21. The van der Waals surface area contributed by atoms with Gasteiger partial charge in [0.15, 0.2) is 0 Å². The van der Waals surface area contributed by atoms with E-state index in [1.54, 1.807) is 18.2 Å². The molecule has 4 nitrogen and oxygen atoms in total. The molecule has 0 saturated heterocycles. The predicted octanol–water partition coefficient (Wildman–Crippen LogP) is 16.0. The maximum absolute atomic E-state index is 12.8. The first-order chi connectivity index (χ1) is 35.0. The van der Waals surface area contributed by atoms with Gasteiger partial charge >= 0.3 is 0 Å². The van der Waals surface area contributed by atoms with Gasteiger partial charge in [-0.2, -0.15) is 0 Å². The summed E-state index contributed by atoms with van der Waals surface area (Å²) >= 11 is 0. The third-order valence-electron chi connectivity index (χ3n) is 11.7. The first-order valence-electron chi connectivity index (χ1n) is 27.8. The molecule has 0 saturated carbocycles. The summed E-state index contributed by atoms with van der Waals surface area (Å²) < 4.78 is 113. The lowest BCUT2D eigenvalue weighted by atomic mass is 9.79. The standard InChI is InChI=1S/C59H63N3O/c1-37-22-24-38(25-23-37)40-28-29-60-50(33-40)42-30-41(31-44(32-42)57(5,6)7)46-20-17-21-52-53(46)61-55(48-35-45(58(8,9)10)36-49(54(48)63)59(11,12)13)62(52)51-27-26-43(56(2,3)4)34-47(51)39-18-15-14-16-19-39/h14-36,63H,1-13H3/i1D3,11D3,12D3,22D,23D,24D,25D. The van der Waals surface area contributed by atoms with Crippen LogP contribution < -0.4 is 0 Å². The summed E-state index contributed by atoms with van der Waals surface area (Å²) in [6.45, 7) is 10.6. The van der Waals surface area contributed by atoms with Crippen LogP contribution in [0.4, 0.5) is 0 Å². The second-order valence-corrected chi connectivity index (χ2v) is 19.8. The topological polar surface area (TPSA) is 50.9 Å². The van der Waals surface area contributed by atoms with E-state index in [1.807, 2.05) is 92.1 Å². The first kappa shape index (κ1) is 29.9. The molecule has 0 amide bonds. The van der Waals surface area contributed by atoms with Crippen LogP contribution in [0.5, 0.6) is 5.75 Å². The van der Waals surface area contributed by atoms with Gasteiger partial charge in [-0.25, -0.2) is 4.98 Å². The molecule has 2 heterocycles. The molecule has 6 aromatic carbocycles. The molecule has 0 fully saturated rings. The molecule has 0 bridgehead atoms. The maximum atomic E-state index is 12.8. The Kier molecular flexibility index (Phi) is 7.52. The number of rotatable bonds is 6. The molecule has 0 radical (unpaired) electrons. The van der Waals surface area contributed by atoms with Crippen LogP contribution in [0, 0.1) is 6.85 Å². The fourth-order valence-electron chi connectivity index (χ4n) is 7.99. The van der Waals surface area contributed by atoms with Crippen LogP contribution in [0.3, 0.4) is 0 Å². The lowest BCUT2D eigenvalue weighted by molar-refractivity contribution is 0.446. The van der Waals surface area contributed by atoms with Gasteiger partial charge in [0.05, 0.1) is 33.5 Å². The SMILES string of the molecule is [2H]c1c([2H])c(C([2H])([2H])[2H])c([2H])c([2H])c1-c1ccnc(-c2cc(-c3cccc4c3nc(-c3cc(C(C)(C)C)cc(C(C)(C([2H])([2H])[2H])C([2H])([2H])[2H])c3O)n4-c3ccc(C(C)(C)C)cc3-c3ccccc3)cc(C(C)(C)C)c2)c1. The number of fused-ring (bicyclic) bond motifs is 1. The number of nitrogens with zero attached hydrogens (tertiary/aromatic N) is 3. The van der Waals surface area contributed by atoms with E-state index in [0.717, 1.165) is 34.7 Å². The number of pyridine rings is 1. The highest BCUT2D eigenvalue weighted by atomic mass is 16.3. The molecule has 0 spiro atoms.